The summed E-state index contributed by atoms with van der Waals surface area (Å²) >= 11 is 0. The van der Waals surface area contributed by atoms with Gasteiger partial charge in [-0.25, -0.2) is 9.59 Å². The summed E-state index contributed by atoms with van der Waals surface area (Å²) in [5.74, 6) is -6.13. The number of rotatable bonds is 16. The van der Waals surface area contributed by atoms with Crippen molar-refractivity contribution in [3.8, 4) is 0 Å². The topological polar surface area (TPSA) is 208 Å². The van der Waals surface area contributed by atoms with Crippen LogP contribution in [-0.4, -0.2) is 162 Å². The van der Waals surface area contributed by atoms with E-state index in [0.717, 1.165) is 16.5 Å². The molecule has 7 rings (SSSR count). The number of hydrogen-bond acceptors (Lipinski definition) is 17. The number of para-hydroxylation sites is 1. The molecule has 1 aromatic heterocycles. The summed E-state index contributed by atoms with van der Waals surface area (Å²) in [5, 5.41) is 25.0. The van der Waals surface area contributed by atoms with E-state index in [1.807, 2.05) is 101 Å². The quantitative estimate of drug-likeness (QED) is 0.0793. The number of fused-ring (bicyclic) bond motifs is 1. The summed E-state index contributed by atoms with van der Waals surface area (Å²) in [6.45, 7) is 17.3. The van der Waals surface area contributed by atoms with Crippen LogP contribution in [0, 0.1) is 23.7 Å². The van der Waals surface area contributed by atoms with Gasteiger partial charge in [-0.1, -0.05) is 94.4 Å². The van der Waals surface area contributed by atoms with Crippen LogP contribution in [0.25, 0.3) is 17.0 Å². The summed E-state index contributed by atoms with van der Waals surface area (Å²) in [5.41, 5.74) is -2.19. The Kier molecular flexibility index (Phi) is 21.3. The van der Waals surface area contributed by atoms with Crippen LogP contribution in [0.5, 0.6) is 0 Å². The third-order valence-electron chi connectivity index (χ3n) is 16.9. The van der Waals surface area contributed by atoms with E-state index in [1.165, 1.54) is 6.92 Å². The van der Waals surface area contributed by atoms with Gasteiger partial charge in [-0.05, 0) is 117 Å². The second-order valence-corrected chi connectivity index (χ2v) is 23.5. The highest BCUT2D eigenvalue weighted by Gasteiger charge is 2.54. The van der Waals surface area contributed by atoms with Crippen molar-refractivity contribution in [2.75, 3.05) is 34.4 Å². The summed E-state index contributed by atoms with van der Waals surface area (Å²) in [6, 6.07) is 26.8. The number of ketones is 1. The molecule has 3 aliphatic heterocycles. The van der Waals surface area contributed by atoms with Crippen molar-refractivity contribution in [2.24, 2.45) is 23.7 Å². The Bertz CT molecular complexity index is 2760. The Morgan fingerprint density at radius 3 is 2.06 bits per heavy atom. The zero-order valence-corrected chi connectivity index (χ0v) is 49.4. The molecule has 3 aromatic carbocycles. The number of aliphatic hydroxyl groups excluding tert-OH is 1. The van der Waals surface area contributed by atoms with Gasteiger partial charge in [0.05, 0.1) is 84.0 Å². The molecule has 17 nitrogen and oxygen atoms in total. The third kappa shape index (κ3) is 14.8. The number of aromatic nitrogens is 1. The summed E-state index contributed by atoms with van der Waals surface area (Å²) in [6.07, 6.45) is -3.60. The number of cyclic esters (lactones) is 1. The molecule has 0 spiro atoms. The lowest BCUT2D eigenvalue weighted by molar-refractivity contribution is -0.304. The molecule has 0 amide bonds. The molecule has 4 aromatic rings. The minimum absolute atomic E-state index is 0.000549. The fourth-order valence-electron chi connectivity index (χ4n) is 12.3. The predicted octanol–water partition coefficient (Wildman–Crippen LogP) is 8.84. The molecule has 3 aliphatic rings. The zero-order chi connectivity index (χ0) is 59.0. The fourth-order valence-corrected chi connectivity index (χ4v) is 12.3. The van der Waals surface area contributed by atoms with E-state index in [0.29, 0.717) is 17.5 Å². The molecule has 81 heavy (non-hydrogen) atoms. The second kappa shape index (κ2) is 27.3. The number of pyridine rings is 1. The summed E-state index contributed by atoms with van der Waals surface area (Å²) in [7, 11) is 5.35. The lowest BCUT2D eigenvalue weighted by atomic mass is 9.73. The maximum Gasteiger partial charge on any atom is 0.338 e. The maximum atomic E-state index is 14.9. The molecule has 442 valence electrons. The Morgan fingerprint density at radius 2 is 1.43 bits per heavy atom. The third-order valence-corrected chi connectivity index (χ3v) is 16.9. The van der Waals surface area contributed by atoms with Crippen molar-refractivity contribution < 1.29 is 72.0 Å². The monoisotopic (exact) mass is 1120 g/mol. The van der Waals surface area contributed by atoms with Gasteiger partial charge in [-0.3, -0.25) is 14.6 Å². The number of carbonyl (C=O) groups excluding carboxylic acids is 4. The van der Waals surface area contributed by atoms with Crippen molar-refractivity contribution in [3.63, 3.8) is 0 Å². The predicted molar refractivity (Wildman–Crippen MR) is 305 cm³/mol. The number of hydrogen-bond donors (Lipinski definition) is 2. The smallest absolute Gasteiger partial charge is 0.338 e. The van der Waals surface area contributed by atoms with Crippen LogP contribution in [0.15, 0.2) is 103 Å². The highest BCUT2D eigenvalue weighted by atomic mass is 16.7. The van der Waals surface area contributed by atoms with Gasteiger partial charge in [-0.2, -0.15) is 0 Å². The van der Waals surface area contributed by atoms with Crippen LogP contribution in [-0.2, 0) is 52.2 Å². The molecule has 2 N–H and O–H groups in total. The average molecular weight is 1120 g/mol. The zero-order valence-electron chi connectivity index (χ0n) is 49.4. The van der Waals surface area contributed by atoms with Crippen LogP contribution < -0.4 is 0 Å². The number of benzene rings is 3. The number of Topliss-reactive ketones (excluding diaryl/α,β-unsaturated/α-hetero) is 1. The molecular formula is C64H86N2O15. The molecule has 0 saturated carbocycles. The van der Waals surface area contributed by atoms with Crippen molar-refractivity contribution in [3.05, 3.63) is 120 Å². The van der Waals surface area contributed by atoms with Crippen molar-refractivity contribution >= 4 is 40.7 Å². The second-order valence-electron chi connectivity index (χ2n) is 23.5. The molecule has 3 saturated heterocycles. The van der Waals surface area contributed by atoms with Gasteiger partial charge in [0.15, 0.2) is 18.5 Å². The minimum atomic E-state index is -2.06. The first-order valence-corrected chi connectivity index (χ1v) is 28.5. The minimum Gasteiger partial charge on any atom is -0.459 e. The molecule has 0 aliphatic carbocycles. The van der Waals surface area contributed by atoms with Crippen molar-refractivity contribution in [1.82, 2.24) is 9.88 Å². The summed E-state index contributed by atoms with van der Waals surface area (Å²) < 4.78 is 59.8. The molecule has 3 fully saturated rings. The highest BCUT2D eigenvalue weighted by Crippen LogP contribution is 2.42. The number of carbonyl (C=O) groups is 4. The molecule has 4 heterocycles. The standard InChI is InChI=1S/C64H86N2O15/c1-14-51-64(10,72)55(68)40(4)52(67)38(2)34-63(9,75-31-23-24-44-33-47-29-21-22-30-49(47)65-36-44)56(81-61-54(50(66(11)12)32-39(3)76-61)79-59(70)45-25-17-15-18-26-45)41(5)53(42(6)58(69)78-51)74-37-48-35-62(8,73-13)57(43(7)77-48)80-60(71)46-27-19-16-20-28-46/h15-30,33,36,38-43,48,50-51,53-57,61,68,72H,14,31-32,34-35,37H2,1-13H3/b24-23+/t38-,39-,40+,41+,42-,43+,48-,50+,51-,53+,54-,55-,56-,57+,61+,62-,63-,64-/m1/s1. The number of ether oxygens (including phenoxy) is 9. The van der Waals surface area contributed by atoms with Crippen LogP contribution in [0.4, 0.5) is 0 Å². The number of likely N-dealkylation sites (N-methyl/N-ethyl adjacent to an activating group) is 1. The largest absolute Gasteiger partial charge is 0.459 e. The lowest BCUT2D eigenvalue weighted by Crippen LogP contribution is -2.61. The van der Waals surface area contributed by atoms with E-state index in [-0.39, 0.29) is 38.3 Å². The van der Waals surface area contributed by atoms with Crippen LogP contribution in [0.3, 0.4) is 0 Å². The number of esters is 3. The van der Waals surface area contributed by atoms with Gasteiger partial charge in [0.25, 0.3) is 0 Å². The van der Waals surface area contributed by atoms with Crippen molar-refractivity contribution in [2.45, 2.75) is 179 Å². The van der Waals surface area contributed by atoms with Gasteiger partial charge >= 0.3 is 17.9 Å². The van der Waals surface area contributed by atoms with E-state index < -0.39 is 126 Å². The molecule has 0 bridgehead atoms. The van der Waals surface area contributed by atoms with Crippen molar-refractivity contribution in [1.29, 1.82) is 0 Å². The van der Waals surface area contributed by atoms with Gasteiger partial charge in [-0.15, -0.1) is 0 Å². The van der Waals surface area contributed by atoms with Crippen LogP contribution in [0.2, 0.25) is 0 Å². The van der Waals surface area contributed by atoms with E-state index in [9.17, 15) is 29.4 Å². The molecule has 0 unspecified atom stereocenters. The van der Waals surface area contributed by atoms with Gasteiger partial charge in [0.2, 0.25) is 0 Å². The molecular weight excluding hydrogens is 1040 g/mol. The highest BCUT2D eigenvalue weighted by molar-refractivity contribution is 5.90. The number of methoxy groups -OCH3 is 1. The van der Waals surface area contributed by atoms with Gasteiger partial charge in [0.1, 0.15) is 23.1 Å². The molecule has 0 radical (unpaired) electrons. The maximum absolute atomic E-state index is 14.9. The van der Waals surface area contributed by atoms with E-state index >= 15 is 0 Å². The first-order valence-electron chi connectivity index (χ1n) is 28.5. The van der Waals surface area contributed by atoms with E-state index in [4.69, 9.17) is 42.6 Å². The normalized spacial score (nSPS) is 35.5. The fraction of sp³-hybridized carbons (Fsp3) is 0.578. The Morgan fingerprint density at radius 1 is 0.802 bits per heavy atom. The van der Waals surface area contributed by atoms with E-state index in [2.05, 4.69) is 4.98 Å². The van der Waals surface area contributed by atoms with Gasteiger partial charge < -0.3 is 57.7 Å². The Hall–Kier alpha value is -5.47. The SMILES string of the molecule is CC[C@H]1OC(=O)[C@H](C)[C@@H](OC[C@H]2C[C@@](C)(OC)[C@@H](OC(=O)c3ccccc3)[C@H](C)O2)[C@H](C)[C@@H](O[C@@H]2O[C@H](C)C[C@H](N(C)C)[C@H]2OC(=O)c2ccccc2)[C@](C)(OC/C=C/c2cnc3ccccc3c2)C[C@@H](C)C(=O)[C@H](C)[C@@H](O)[C@]1(C)O. The Labute approximate surface area is 477 Å². The lowest BCUT2D eigenvalue weighted by Gasteiger charge is -2.49. The Balaban J connectivity index is 1.33. The molecule has 17 heteroatoms. The van der Waals surface area contributed by atoms with Gasteiger partial charge in [0, 0.05) is 42.9 Å². The summed E-state index contributed by atoms with van der Waals surface area (Å²) in [4.78, 5) is 63.9. The molecule has 18 atom stereocenters. The average Bonchev–Trinajstić information content (AvgIpc) is 3.65. The first-order chi connectivity index (χ1) is 38.4. The first kappa shape index (κ1) is 63.1. The van der Waals surface area contributed by atoms with Crippen LogP contribution >= 0.6 is 0 Å². The van der Waals surface area contributed by atoms with E-state index in [1.54, 1.807) is 96.5 Å². The number of nitrogens with zero attached hydrogens (tertiary/aromatic N) is 2. The van der Waals surface area contributed by atoms with Crippen LogP contribution in [0.1, 0.15) is 121 Å². The number of aliphatic hydroxyl groups is 2.